The number of carbonyl (C=O) groups is 1. The zero-order valence-corrected chi connectivity index (χ0v) is 13.7. The molecule has 2 N–H and O–H groups in total. The molecular formula is C14H19N3O3S2. The van der Waals surface area contributed by atoms with Gasteiger partial charge in [0.05, 0.1) is 22.0 Å². The molecule has 2 heterocycles. The van der Waals surface area contributed by atoms with Gasteiger partial charge >= 0.3 is 6.09 Å². The van der Waals surface area contributed by atoms with Crippen molar-refractivity contribution in [1.29, 1.82) is 0 Å². The number of hydrogen-bond donors (Lipinski definition) is 2. The Morgan fingerprint density at radius 2 is 1.95 bits per heavy atom. The summed E-state index contributed by atoms with van der Waals surface area (Å²) < 4.78 is 5.03. The lowest BCUT2D eigenvalue weighted by Crippen LogP contribution is -2.27. The first-order valence-corrected chi connectivity index (χ1v) is 8.83. The van der Waals surface area contributed by atoms with Crippen molar-refractivity contribution < 1.29 is 14.6 Å². The number of amides is 1. The van der Waals surface area contributed by atoms with Crippen LogP contribution in [-0.2, 0) is 17.8 Å². The Hall–Kier alpha value is -1.51. The number of alkyl carbamates (subject to hydrolysis) is 1. The van der Waals surface area contributed by atoms with Gasteiger partial charge in [-0.1, -0.05) is 0 Å². The van der Waals surface area contributed by atoms with Gasteiger partial charge in [-0.05, 0) is 25.7 Å². The third-order valence-corrected chi connectivity index (χ3v) is 4.61. The molecule has 0 aromatic carbocycles. The number of hydrogen-bond acceptors (Lipinski definition) is 7. The Bertz CT molecular complexity index is 532. The number of aliphatic hydroxyl groups is 1. The van der Waals surface area contributed by atoms with Crippen molar-refractivity contribution in [3.63, 3.8) is 0 Å². The Labute approximate surface area is 137 Å². The summed E-state index contributed by atoms with van der Waals surface area (Å²) in [5.74, 6) is 0. The van der Waals surface area contributed by atoms with E-state index in [4.69, 9.17) is 4.74 Å². The molecule has 0 bridgehead atoms. The molecule has 2 aromatic heterocycles. The van der Waals surface area contributed by atoms with E-state index in [2.05, 4.69) is 15.3 Å². The zero-order chi connectivity index (χ0) is 15.6. The average Bonchev–Trinajstić information content (AvgIpc) is 3.18. The highest BCUT2D eigenvalue weighted by molar-refractivity contribution is 7.09. The summed E-state index contributed by atoms with van der Waals surface area (Å²) in [5, 5.41) is 12.5. The zero-order valence-electron chi connectivity index (χ0n) is 12.1. The number of aromatic nitrogens is 2. The van der Waals surface area contributed by atoms with Crippen molar-refractivity contribution in [1.82, 2.24) is 15.3 Å². The molecule has 0 aliphatic carbocycles. The van der Waals surface area contributed by atoms with Crippen molar-refractivity contribution in [3.05, 3.63) is 33.2 Å². The molecule has 6 nitrogen and oxygen atoms in total. The summed E-state index contributed by atoms with van der Waals surface area (Å²) in [6, 6.07) is 0. The van der Waals surface area contributed by atoms with Crippen LogP contribution in [0.5, 0.6) is 0 Å². The molecule has 120 valence electrons. The fourth-order valence-electron chi connectivity index (χ4n) is 1.86. The van der Waals surface area contributed by atoms with Crippen molar-refractivity contribution in [2.24, 2.45) is 0 Å². The highest BCUT2D eigenvalue weighted by Crippen LogP contribution is 2.11. The molecule has 0 aliphatic heterocycles. The van der Waals surface area contributed by atoms with Crippen molar-refractivity contribution in [2.45, 2.75) is 38.4 Å². The van der Waals surface area contributed by atoms with Crippen LogP contribution in [0.25, 0.3) is 0 Å². The maximum Gasteiger partial charge on any atom is 0.407 e. The quantitative estimate of drug-likeness (QED) is 0.732. The van der Waals surface area contributed by atoms with E-state index < -0.39 is 12.2 Å². The molecule has 2 aromatic rings. The first kappa shape index (κ1) is 16.9. The molecule has 0 saturated carbocycles. The van der Waals surface area contributed by atoms with Gasteiger partial charge in [-0.15, -0.1) is 22.7 Å². The van der Waals surface area contributed by atoms with Gasteiger partial charge < -0.3 is 15.2 Å². The van der Waals surface area contributed by atoms with Gasteiger partial charge in [0.15, 0.2) is 0 Å². The summed E-state index contributed by atoms with van der Waals surface area (Å²) >= 11 is 3.07. The monoisotopic (exact) mass is 341 g/mol. The van der Waals surface area contributed by atoms with Crippen LogP contribution in [0.1, 0.15) is 29.0 Å². The molecule has 0 aliphatic rings. The highest BCUT2D eigenvalue weighted by atomic mass is 32.1. The van der Waals surface area contributed by atoms with E-state index in [1.807, 2.05) is 11.7 Å². The number of aliphatic hydroxyl groups excluding tert-OH is 1. The molecule has 2 rings (SSSR count). The van der Waals surface area contributed by atoms with Crippen LogP contribution in [0.2, 0.25) is 0 Å². The fourth-order valence-corrected chi connectivity index (χ4v) is 3.01. The Morgan fingerprint density at radius 3 is 2.64 bits per heavy atom. The van der Waals surface area contributed by atoms with Crippen LogP contribution in [0.15, 0.2) is 23.4 Å². The number of rotatable bonds is 9. The molecule has 0 spiro atoms. The minimum absolute atomic E-state index is 0.230. The summed E-state index contributed by atoms with van der Waals surface area (Å²) in [5.41, 5.74) is 3.51. The Balaban J connectivity index is 1.49. The standard InChI is InChI=1S/C14H19N3O3S2/c18-11(2-1-3-12-6-15-9-21-12)4-5-17-14(19)20-8-13-7-16-10-22-13/h6-7,9-11,18H,1-5,8H2,(H,17,19). The Morgan fingerprint density at radius 1 is 1.23 bits per heavy atom. The van der Waals surface area contributed by atoms with Crippen LogP contribution >= 0.6 is 22.7 Å². The summed E-state index contributed by atoms with van der Waals surface area (Å²) in [6.45, 7) is 0.636. The number of nitrogens with zero attached hydrogens (tertiary/aromatic N) is 2. The van der Waals surface area contributed by atoms with Gasteiger partial charge in [0.25, 0.3) is 0 Å². The van der Waals surface area contributed by atoms with E-state index in [0.717, 1.165) is 24.1 Å². The number of thiazole rings is 2. The minimum atomic E-state index is -0.467. The van der Waals surface area contributed by atoms with Crippen LogP contribution in [0.4, 0.5) is 4.79 Å². The maximum absolute atomic E-state index is 11.5. The molecule has 0 fully saturated rings. The number of carbonyl (C=O) groups excluding carboxylic acids is 1. The van der Waals surface area contributed by atoms with E-state index in [-0.39, 0.29) is 6.61 Å². The first-order chi connectivity index (χ1) is 10.7. The predicted octanol–water partition coefficient (Wildman–Crippen LogP) is 2.60. The lowest BCUT2D eigenvalue weighted by molar-refractivity contribution is 0.131. The second kappa shape index (κ2) is 9.50. The number of aryl methyl sites for hydroxylation is 1. The third-order valence-electron chi connectivity index (χ3n) is 3.02. The summed E-state index contributed by atoms with van der Waals surface area (Å²) in [4.78, 5) is 21.5. The van der Waals surface area contributed by atoms with Crippen molar-refractivity contribution in [2.75, 3.05) is 6.54 Å². The van der Waals surface area contributed by atoms with Gasteiger partial charge in [0, 0.05) is 23.8 Å². The second-order valence-electron chi connectivity index (χ2n) is 4.77. The molecular weight excluding hydrogens is 322 g/mol. The molecule has 1 atom stereocenters. The van der Waals surface area contributed by atoms with Gasteiger partial charge in [0.2, 0.25) is 0 Å². The molecule has 8 heteroatoms. The Kier molecular flexibility index (Phi) is 7.27. The number of nitrogens with one attached hydrogen (secondary N) is 1. The van der Waals surface area contributed by atoms with E-state index >= 15 is 0 Å². The van der Waals surface area contributed by atoms with E-state index in [1.54, 1.807) is 23.0 Å². The van der Waals surface area contributed by atoms with E-state index in [9.17, 15) is 9.90 Å². The lowest BCUT2D eigenvalue weighted by atomic mass is 10.1. The van der Waals surface area contributed by atoms with Gasteiger partial charge in [0.1, 0.15) is 6.61 Å². The van der Waals surface area contributed by atoms with E-state index in [0.29, 0.717) is 13.0 Å². The van der Waals surface area contributed by atoms with Crippen LogP contribution < -0.4 is 5.32 Å². The minimum Gasteiger partial charge on any atom is -0.444 e. The maximum atomic E-state index is 11.5. The molecule has 22 heavy (non-hydrogen) atoms. The highest BCUT2D eigenvalue weighted by Gasteiger charge is 2.07. The SMILES string of the molecule is O=C(NCCC(O)CCCc1cncs1)OCc1cncs1. The van der Waals surface area contributed by atoms with E-state index in [1.165, 1.54) is 16.2 Å². The van der Waals surface area contributed by atoms with Crippen LogP contribution in [0.3, 0.4) is 0 Å². The van der Waals surface area contributed by atoms with Gasteiger partial charge in [-0.3, -0.25) is 9.97 Å². The molecule has 0 saturated heterocycles. The molecule has 1 amide bonds. The van der Waals surface area contributed by atoms with Gasteiger partial charge in [-0.25, -0.2) is 4.79 Å². The smallest absolute Gasteiger partial charge is 0.407 e. The molecule has 0 radical (unpaired) electrons. The first-order valence-electron chi connectivity index (χ1n) is 7.07. The van der Waals surface area contributed by atoms with Gasteiger partial charge in [-0.2, -0.15) is 0 Å². The van der Waals surface area contributed by atoms with Crippen molar-refractivity contribution >= 4 is 28.8 Å². The van der Waals surface area contributed by atoms with Crippen molar-refractivity contribution in [3.8, 4) is 0 Å². The number of ether oxygens (including phenoxy) is 1. The van der Waals surface area contributed by atoms with Crippen LogP contribution in [0, 0.1) is 0 Å². The average molecular weight is 341 g/mol. The fraction of sp³-hybridized carbons (Fsp3) is 0.500. The third kappa shape index (κ3) is 6.50. The lowest BCUT2D eigenvalue weighted by Gasteiger charge is -2.11. The summed E-state index contributed by atoms with van der Waals surface area (Å²) in [7, 11) is 0. The largest absolute Gasteiger partial charge is 0.444 e. The van der Waals surface area contributed by atoms with Crippen LogP contribution in [-0.4, -0.2) is 33.8 Å². The molecule has 1 unspecified atom stereocenters. The topological polar surface area (TPSA) is 84.3 Å². The predicted molar refractivity (Wildman–Crippen MR) is 86.0 cm³/mol. The normalized spacial score (nSPS) is 12.0. The second-order valence-corrected chi connectivity index (χ2v) is 6.71. The summed E-state index contributed by atoms with van der Waals surface area (Å²) in [6.07, 6.45) is 5.75.